The van der Waals surface area contributed by atoms with Crippen LogP contribution in [0.25, 0.3) is 0 Å². The van der Waals surface area contributed by atoms with Crippen molar-refractivity contribution in [3.63, 3.8) is 0 Å². The zero-order valence-electron chi connectivity index (χ0n) is 10.1. The van der Waals surface area contributed by atoms with Crippen LogP contribution in [0.3, 0.4) is 0 Å². The molecule has 1 rings (SSSR count). The third-order valence-corrected chi connectivity index (χ3v) is 4.12. The summed E-state index contributed by atoms with van der Waals surface area (Å²) < 4.78 is 24.4. The van der Waals surface area contributed by atoms with Gasteiger partial charge in [-0.1, -0.05) is 13.8 Å². The molecule has 0 bridgehead atoms. The van der Waals surface area contributed by atoms with Crippen LogP contribution in [0.2, 0.25) is 0 Å². The number of sulfonamides is 1. The van der Waals surface area contributed by atoms with Crippen LogP contribution in [0, 0.1) is 5.92 Å². The minimum absolute atomic E-state index is 0.0275. The average Bonchev–Trinajstić information content (AvgIpc) is 2.60. The molecule has 0 saturated carbocycles. The minimum atomic E-state index is -3.14. The van der Waals surface area contributed by atoms with Crippen LogP contribution in [0.4, 0.5) is 0 Å². The lowest BCUT2D eigenvalue weighted by molar-refractivity contribution is -0.124. The molecule has 6 heteroatoms. The van der Waals surface area contributed by atoms with Crippen molar-refractivity contribution in [3.8, 4) is 0 Å². The number of nitrogens with one attached hydrogen (secondary N) is 1. The van der Waals surface area contributed by atoms with E-state index >= 15 is 0 Å². The standard InChI is InChI=1S/C10H20N2O3S/c1-8(2)10(13)11-7-9-5-4-6-12(9)16(3,14)15/h8-9H,4-7H2,1-3H3,(H,11,13). The molecular formula is C10H20N2O3S. The number of nitrogens with zero attached hydrogens (tertiary/aromatic N) is 1. The molecule has 5 nitrogen and oxygen atoms in total. The van der Waals surface area contributed by atoms with Crippen LogP contribution in [0.15, 0.2) is 0 Å². The fourth-order valence-electron chi connectivity index (χ4n) is 1.87. The van der Waals surface area contributed by atoms with Crippen molar-refractivity contribution in [1.82, 2.24) is 9.62 Å². The number of carbonyl (C=O) groups excluding carboxylic acids is 1. The average molecular weight is 248 g/mol. The molecule has 0 aliphatic carbocycles. The van der Waals surface area contributed by atoms with E-state index in [1.54, 1.807) is 0 Å². The van der Waals surface area contributed by atoms with Gasteiger partial charge < -0.3 is 5.32 Å². The molecule has 1 aliphatic heterocycles. The van der Waals surface area contributed by atoms with Gasteiger partial charge in [0.15, 0.2) is 0 Å². The third kappa shape index (κ3) is 3.45. The number of carbonyl (C=O) groups is 1. The zero-order valence-corrected chi connectivity index (χ0v) is 10.9. The maximum Gasteiger partial charge on any atom is 0.222 e. The highest BCUT2D eigenvalue weighted by atomic mass is 32.2. The Labute approximate surface area is 97.2 Å². The SMILES string of the molecule is CC(C)C(=O)NCC1CCCN1S(C)(=O)=O. The molecule has 94 valence electrons. The van der Waals surface area contributed by atoms with Crippen molar-refractivity contribution in [1.29, 1.82) is 0 Å². The van der Waals surface area contributed by atoms with Gasteiger partial charge in [-0.25, -0.2) is 8.42 Å². The molecule has 1 heterocycles. The summed E-state index contributed by atoms with van der Waals surface area (Å²) in [7, 11) is -3.14. The zero-order chi connectivity index (χ0) is 12.3. The van der Waals surface area contributed by atoms with Gasteiger partial charge in [-0.3, -0.25) is 4.79 Å². The van der Waals surface area contributed by atoms with Gasteiger partial charge in [-0.05, 0) is 12.8 Å². The van der Waals surface area contributed by atoms with Gasteiger partial charge in [0.25, 0.3) is 0 Å². The van der Waals surface area contributed by atoms with Crippen molar-refractivity contribution in [3.05, 3.63) is 0 Å². The van der Waals surface area contributed by atoms with E-state index in [-0.39, 0.29) is 17.9 Å². The van der Waals surface area contributed by atoms with Gasteiger partial charge in [0, 0.05) is 25.0 Å². The summed E-state index contributed by atoms with van der Waals surface area (Å²) in [6.45, 7) is 4.63. The highest BCUT2D eigenvalue weighted by molar-refractivity contribution is 7.88. The number of rotatable bonds is 4. The summed E-state index contributed by atoms with van der Waals surface area (Å²) in [5, 5.41) is 2.78. The first kappa shape index (κ1) is 13.4. The Balaban J connectivity index is 2.51. The van der Waals surface area contributed by atoms with Crippen LogP contribution in [0.1, 0.15) is 26.7 Å². The van der Waals surface area contributed by atoms with E-state index in [1.807, 2.05) is 13.8 Å². The van der Waals surface area contributed by atoms with Crippen LogP contribution in [0.5, 0.6) is 0 Å². The normalized spacial score (nSPS) is 22.6. The van der Waals surface area contributed by atoms with Crippen molar-refractivity contribution < 1.29 is 13.2 Å². The topological polar surface area (TPSA) is 66.5 Å². The largest absolute Gasteiger partial charge is 0.354 e. The van der Waals surface area contributed by atoms with Crippen LogP contribution >= 0.6 is 0 Å². The molecule has 1 saturated heterocycles. The Morgan fingerprint density at radius 2 is 2.12 bits per heavy atom. The number of hydrogen-bond acceptors (Lipinski definition) is 3. The summed E-state index contributed by atoms with van der Waals surface area (Å²) in [4.78, 5) is 11.4. The monoisotopic (exact) mass is 248 g/mol. The molecular weight excluding hydrogens is 228 g/mol. The van der Waals surface area contributed by atoms with Gasteiger partial charge in [0.1, 0.15) is 0 Å². The van der Waals surface area contributed by atoms with Gasteiger partial charge in [0.05, 0.1) is 6.26 Å². The summed E-state index contributed by atoms with van der Waals surface area (Å²) in [6.07, 6.45) is 2.91. The van der Waals surface area contributed by atoms with Gasteiger partial charge in [-0.15, -0.1) is 0 Å². The van der Waals surface area contributed by atoms with Crippen LogP contribution < -0.4 is 5.32 Å². The summed E-state index contributed by atoms with van der Waals surface area (Å²) >= 11 is 0. The van der Waals surface area contributed by atoms with E-state index in [1.165, 1.54) is 10.6 Å². The Bertz CT molecular complexity index is 351. The molecule has 0 aromatic carbocycles. The lowest BCUT2D eigenvalue weighted by Crippen LogP contribution is -2.43. The molecule has 0 aromatic rings. The first-order valence-corrected chi connectivity index (χ1v) is 7.41. The van der Waals surface area contributed by atoms with Crippen LogP contribution in [-0.4, -0.2) is 44.0 Å². The third-order valence-electron chi connectivity index (χ3n) is 2.79. The lowest BCUT2D eigenvalue weighted by Gasteiger charge is -2.22. The molecule has 1 fully saturated rings. The Morgan fingerprint density at radius 3 is 2.62 bits per heavy atom. The Morgan fingerprint density at radius 1 is 1.50 bits per heavy atom. The maximum absolute atomic E-state index is 11.4. The van der Waals surface area contributed by atoms with E-state index in [4.69, 9.17) is 0 Å². The lowest BCUT2D eigenvalue weighted by atomic mass is 10.2. The summed E-state index contributed by atoms with van der Waals surface area (Å²) in [6, 6.07) is -0.0716. The molecule has 0 radical (unpaired) electrons. The first-order valence-electron chi connectivity index (χ1n) is 5.57. The van der Waals surface area contributed by atoms with Crippen molar-refractivity contribution in [2.24, 2.45) is 5.92 Å². The predicted octanol–water partition coefficient (Wildman–Crippen LogP) is 0.183. The van der Waals surface area contributed by atoms with Gasteiger partial charge in [-0.2, -0.15) is 4.31 Å². The van der Waals surface area contributed by atoms with Crippen molar-refractivity contribution in [2.45, 2.75) is 32.7 Å². The van der Waals surface area contributed by atoms with E-state index in [0.717, 1.165) is 12.8 Å². The van der Waals surface area contributed by atoms with Crippen molar-refractivity contribution in [2.75, 3.05) is 19.3 Å². The molecule has 1 aliphatic rings. The molecule has 0 aromatic heterocycles. The Kier molecular flexibility index (Phi) is 4.32. The van der Waals surface area contributed by atoms with E-state index in [0.29, 0.717) is 13.1 Å². The molecule has 1 atom stereocenters. The molecule has 1 unspecified atom stereocenters. The fourth-order valence-corrected chi connectivity index (χ4v) is 3.05. The quantitative estimate of drug-likeness (QED) is 0.772. The number of amides is 1. The highest BCUT2D eigenvalue weighted by Crippen LogP contribution is 2.19. The Hall–Kier alpha value is -0.620. The summed E-state index contributed by atoms with van der Waals surface area (Å²) in [5.74, 6) is -0.0894. The van der Waals surface area contributed by atoms with Gasteiger partial charge in [0.2, 0.25) is 15.9 Å². The van der Waals surface area contributed by atoms with E-state index < -0.39 is 10.0 Å². The second-order valence-corrected chi connectivity index (χ2v) is 6.50. The van der Waals surface area contributed by atoms with Crippen LogP contribution in [-0.2, 0) is 14.8 Å². The second kappa shape index (κ2) is 5.14. The predicted molar refractivity (Wildman–Crippen MR) is 62.4 cm³/mol. The van der Waals surface area contributed by atoms with E-state index in [2.05, 4.69) is 5.32 Å². The van der Waals surface area contributed by atoms with Gasteiger partial charge >= 0.3 is 0 Å². The molecule has 16 heavy (non-hydrogen) atoms. The molecule has 1 amide bonds. The second-order valence-electron chi connectivity index (χ2n) is 4.57. The molecule has 0 spiro atoms. The van der Waals surface area contributed by atoms with E-state index in [9.17, 15) is 13.2 Å². The summed E-state index contributed by atoms with van der Waals surface area (Å²) in [5.41, 5.74) is 0. The number of hydrogen-bond donors (Lipinski definition) is 1. The highest BCUT2D eigenvalue weighted by Gasteiger charge is 2.31. The smallest absolute Gasteiger partial charge is 0.222 e. The first-order chi connectivity index (χ1) is 7.32. The fraction of sp³-hybridized carbons (Fsp3) is 0.900. The molecule has 1 N–H and O–H groups in total. The minimum Gasteiger partial charge on any atom is -0.354 e. The van der Waals surface area contributed by atoms with Crippen molar-refractivity contribution >= 4 is 15.9 Å². The maximum atomic E-state index is 11.4.